The number of halogens is 1. The molecule has 1 aromatic heterocycles. The van der Waals surface area contributed by atoms with Gasteiger partial charge < -0.3 is 4.90 Å². The zero-order chi connectivity index (χ0) is 25.1. The van der Waals surface area contributed by atoms with Gasteiger partial charge in [-0.3, -0.25) is 14.2 Å². The summed E-state index contributed by atoms with van der Waals surface area (Å²) in [6.45, 7) is 1.87. The lowest BCUT2D eigenvalue weighted by Gasteiger charge is -2.20. The van der Waals surface area contributed by atoms with Crippen molar-refractivity contribution in [3.8, 4) is 5.69 Å². The number of carbonyl (C=O) groups excluding carboxylic acids is 1. The molecule has 0 unspecified atom stereocenters. The summed E-state index contributed by atoms with van der Waals surface area (Å²) in [6, 6.07) is 21.6. The largest absolute Gasteiger partial charge is 0.342 e. The Labute approximate surface area is 214 Å². The molecule has 0 spiro atoms. The number of hydrogen-bond acceptors (Lipinski definition) is 3. The average Bonchev–Trinajstić information content (AvgIpc) is 3.19. The van der Waals surface area contributed by atoms with Crippen LogP contribution in [0.5, 0.6) is 0 Å². The number of rotatable bonds is 5. The highest BCUT2D eigenvalue weighted by Crippen LogP contribution is 2.19. The number of aromatic nitrogens is 2. The van der Waals surface area contributed by atoms with E-state index < -0.39 is 5.69 Å². The van der Waals surface area contributed by atoms with Crippen LogP contribution in [-0.4, -0.2) is 33.0 Å². The van der Waals surface area contributed by atoms with Crippen LogP contribution in [0.1, 0.15) is 36.8 Å². The topological polar surface area (TPSA) is 64.3 Å². The third kappa shape index (κ3) is 4.86. The molecule has 6 nitrogen and oxygen atoms in total. The van der Waals surface area contributed by atoms with Crippen LogP contribution < -0.4 is 11.2 Å². The molecule has 1 fully saturated rings. The van der Waals surface area contributed by atoms with E-state index in [2.05, 4.69) is 0 Å². The van der Waals surface area contributed by atoms with Gasteiger partial charge in [0.25, 0.3) is 5.56 Å². The molecule has 36 heavy (non-hydrogen) atoms. The molecule has 1 aliphatic heterocycles. The van der Waals surface area contributed by atoms with Gasteiger partial charge in [-0.2, -0.15) is 0 Å². The van der Waals surface area contributed by atoms with Crippen LogP contribution in [0, 0.1) is 0 Å². The second kappa shape index (κ2) is 10.5. The fraction of sp³-hybridized carbons (Fsp3) is 0.276. The maximum absolute atomic E-state index is 13.6. The van der Waals surface area contributed by atoms with Gasteiger partial charge in [-0.1, -0.05) is 66.9 Å². The number of hydrogen-bond donors (Lipinski definition) is 0. The first kappa shape index (κ1) is 24.1. The zero-order valence-electron chi connectivity index (χ0n) is 20.0. The molecule has 4 aromatic rings. The molecule has 1 saturated heterocycles. The van der Waals surface area contributed by atoms with E-state index in [-0.39, 0.29) is 18.0 Å². The van der Waals surface area contributed by atoms with Crippen molar-refractivity contribution in [1.29, 1.82) is 0 Å². The summed E-state index contributed by atoms with van der Waals surface area (Å²) < 4.78 is 2.77. The van der Waals surface area contributed by atoms with E-state index in [4.69, 9.17) is 11.6 Å². The van der Waals surface area contributed by atoms with Crippen LogP contribution in [0.4, 0.5) is 0 Å². The van der Waals surface area contributed by atoms with E-state index in [9.17, 15) is 14.4 Å². The van der Waals surface area contributed by atoms with Gasteiger partial charge in [0.1, 0.15) is 0 Å². The number of likely N-dealkylation sites (tertiary alicyclic amines) is 1. The molecule has 0 N–H and O–H groups in total. The molecule has 0 radical (unpaired) electrons. The van der Waals surface area contributed by atoms with Gasteiger partial charge in [-0.05, 0) is 54.3 Å². The molecular formula is C29H28ClN3O3. The Morgan fingerprint density at radius 3 is 2.19 bits per heavy atom. The monoisotopic (exact) mass is 501 g/mol. The van der Waals surface area contributed by atoms with Crippen molar-refractivity contribution in [2.45, 2.75) is 38.6 Å². The summed E-state index contributed by atoms with van der Waals surface area (Å²) in [5.41, 5.74) is 1.86. The maximum atomic E-state index is 13.6. The Hall–Kier alpha value is -3.64. The summed E-state index contributed by atoms with van der Waals surface area (Å²) in [6.07, 6.45) is 4.76. The lowest BCUT2D eigenvalue weighted by Crippen LogP contribution is -2.39. The van der Waals surface area contributed by atoms with Gasteiger partial charge in [0.05, 0.1) is 29.6 Å². The molecular weight excluding hydrogens is 474 g/mol. The smallest absolute Gasteiger partial charge is 0.336 e. The predicted molar refractivity (Wildman–Crippen MR) is 143 cm³/mol. The standard InChI is InChI=1S/C29H28ClN3O3/c30-25-11-5-3-9-22(25)20-32-26-12-6-4-10-24(26)28(35)33(29(32)36)23-15-13-21(14-16-23)19-27(34)31-17-7-1-2-8-18-31/h3-6,9-16H,1-2,7-8,17-20H2. The van der Waals surface area contributed by atoms with Gasteiger partial charge in [0, 0.05) is 18.1 Å². The van der Waals surface area contributed by atoms with Crippen molar-refractivity contribution in [2.24, 2.45) is 0 Å². The third-order valence-electron chi connectivity index (χ3n) is 6.85. The second-order valence-electron chi connectivity index (χ2n) is 9.26. The first-order valence-electron chi connectivity index (χ1n) is 12.4. The van der Waals surface area contributed by atoms with Crippen molar-refractivity contribution >= 4 is 28.4 Å². The quantitative estimate of drug-likeness (QED) is 0.394. The van der Waals surface area contributed by atoms with E-state index in [1.807, 2.05) is 41.3 Å². The Balaban J connectivity index is 1.50. The minimum absolute atomic E-state index is 0.120. The highest BCUT2D eigenvalue weighted by molar-refractivity contribution is 6.31. The summed E-state index contributed by atoms with van der Waals surface area (Å²) in [5, 5.41) is 1.01. The number of amides is 1. The second-order valence-corrected chi connectivity index (χ2v) is 9.66. The number of fused-ring (bicyclic) bond motifs is 1. The van der Waals surface area contributed by atoms with Crippen molar-refractivity contribution < 1.29 is 4.79 Å². The number of nitrogens with zero attached hydrogens (tertiary/aromatic N) is 3. The molecule has 1 aliphatic rings. The molecule has 5 rings (SSSR count). The molecule has 0 bridgehead atoms. The molecule has 3 aromatic carbocycles. The van der Waals surface area contributed by atoms with Gasteiger partial charge in [-0.15, -0.1) is 0 Å². The summed E-state index contributed by atoms with van der Waals surface area (Å²) in [7, 11) is 0. The molecule has 7 heteroatoms. The van der Waals surface area contributed by atoms with Crippen LogP contribution in [0.25, 0.3) is 16.6 Å². The normalized spacial score (nSPS) is 14.1. The van der Waals surface area contributed by atoms with Crippen molar-refractivity contribution in [3.05, 3.63) is 110 Å². The molecule has 1 amide bonds. The van der Waals surface area contributed by atoms with Crippen LogP contribution in [0.3, 0.4) is 0 Å². The Bertz CT molecular complexity index is 1510. The van der Waals surface area contributed by atoms with Crippen molar-refractivity contribution in [1.82, 2.24) is 14.0 Å². The number of para-hydroxylation sites is 1. The lowest BCUT2D eigenvalue weighted by molar-refractivity contribution is -0.130. The van der Waals surface area contributed by atoms with Gasteiger partial charge in [0.2, 0.25) is 5.91 Å². The zero-order valence-corrected chi connectivity index (χ0v) is 20.8. The highest BCUT2D eigenvalue weighted by atomic mass is 35.5. The molecule has 0 saturated carbocycles. The minimum atomic E-state index is -0.438. The van der Waals surface area contributed by atoms with Crippen molar-refractivity contribution in [3.63, 3.8) is 0 Å². The average molecular weight is 502 g/mol. The number of benzene rings is 3. The van der Waals surface area contributed by atoms with Crippen LogP contribution in [-0.2, 0) is 17.8 Å². The summed E-state index contributed by atoms with van der Waals surface area (Å²) in [5.74, 6) is 0.120. The van der Waals surface area contributed by atoms with Crippen LogP contribution in [0.2, 0.25) is 5.02 Å². The highest BCUT2D eigenvalue weighted by Gasteiger charge is 2.18. The molecule has 184 valence electrons. The Kier molecular flexibility index (Phi) is 7.05. The maximum Gasteiger partial charge on any atom is 0.336 e. The van der Waals surface area contributed by atoms with Crippen LogP contribution in [0.15, 0.2) is 82.4 Å². The molecule has 2 heterocycles. The first-order chi connectivity index (χ1) is 17.5. The minimum Gasteiger partial charge on any atom is -0.342 e. The number of carbonyl (C=O) groups is 1. The molecule has 0 atom stereocenters. The first-order valence-corrected chi connectivity index (χ1v) is 12.8. The Morgan fingerprint density at radius 1 is 0.806 bits per heavy atom. The van der Waals surface area contributed by atoms with Gasteiger partial charge >= 0.3 is 5.69 Å². The van der Waals surface area contributed by atoms with Crippen LogP contribution >= 0.6 is 11.6 Å². The van der Waals surface area contributed by atoms with E-state index in [1.54, 1.807) is 41.0 Å². The fourth-order valence-corrected chi connectivity index (χ4v) is 5.06. The van der Waals surface area contributed by atoms with E-state index in [0.717, 1.165) is 37.1 Å². The van der Waals surface area contributed by atoms with E-state index in [0.29, 0.717) is 28.0 Å². The Morgan fingerprint density at radius 2 is 1.47 bits per heavy atom. The molecule has 0 aliphatic carbocycles. The van der Waals surface area contributed by atoms with Crippen molar-refractivity contribution in [2.75, 3.05) is 13.1 Å². The SMILES string of the molecule is O=C(Cc1ccc(-n2c(=O)c3ccccc3n(Cc3ccccc3Cl)c2=O)cc1)N1CCCCCC1. The summed E-state index contributed by atoms with van der Waals surface area (Å²) >= 11 is 6.37. The lowest BCUT2D eigenvalue weighted by atomic mass is 10.1. The van der Waals surface area contributed by atoms with Gasteiger partial charge in [-0.25, -0.2) is 9.36 Å². The van der Waals surface area contributed by atoms with E-state index >= 15 is 0 Å². The summed E-state index contributed by atoms with van der Waals surface area (Å²) in [4.78, 5) is 41.8. The van der Waals surface area contributed by atoms with E-state index in [1.165, 1.54) is 17.4 Å². The van der Waals surface area contributed by atoms with Gasteiger partial charge in [0.15, 0.2) is 0 Å². The third-order valence-corrected chi connectivity index (χ3v) is 7.21. The predicted octanol–water partition coefficient (Wildman–Crippen LogP) is 4.80. The fourth-order valence-electron chi connectivity index (χ4n) is 4.87.